The highest BCUT2D eigenvalue weighted by Gasteiger charge is 2.33. The number of sulfonamides is 1. The molecular weight excluding hydrogens is 283 g/mol. The molecule has 0 atom stereocenters. The van der Waals surface area contributed by atoms with Crippen LogP contribution in [0.15, 0.2) is 18.2 Å². The van der Waals surface area contributed by atoms with Crippen molar-refractivity contribution in [2.75, 3.05) is 30.4 Å². The molecule has 0 unspecified atom stereocenters. The van der Waals surface area contributed by atoms with Crippen LogP contribution in [0.1, 0.15) is 5.56 Å². The predicted molar refractivity (Wildman–Crippen MR) is 67.2 cm³/mol. The minimum absolute atomic E-state index is 0.00661. The van der Waals surface area contributed by atoms with Crippen LogP contribution in [0.25, 0.3) is 0 Å². The quantitative estimate of drug-likeness (QED) is 0.564. The van der Waals surface area contributed by atoms with Crippen LogP contribution < -0.4 is 15.8 Å². The lowest BCUT2D eigenvalue weighted by atomic mass is 10.1. The van der Waals surface area contributed by atoms with Gasteiger partial charge in [-0.15, -0.1) is 0 Å². The minimum atomic E-state index is -4.53. The van der Waals surface area contributed by atoms with Crippen LogP contribution in [-0.4, -0.2) is 27.8 Å². The molecular formula is C10H14F3N3O2S. The molecule has 0 aliphatic carbocycles. The maximum absolute atomic E-state index is 12.7. The maximum Gasteiger partial charge on any atom is 0.418 e. The van der Waals surface area contributed by atoms with Gasteiger partial charge in [-0.25, -0.2) is 13.1 Å². The maximum atomic E-state index is 12.7. The highest BCUT2D eigenvalue weighted by Crippen LogP contribution is 2.35. The Balaban J connectivity index is 2.73. The standard InChI is InChI=1S/C10H14F3N3O2S/c1-19(17,18)16-5-4-15-9-3-2-7(14)6-8(9)10(11,12)13/h2-3,6,15-16H,4-5,14H2,1H3. The lowest BCUT2D eigenvalue weighted by Gasteiger charge is -2.15. The summed E-state index contributed by atoms with van der Waals surface area (Å²) >= 11 is 0. The first-order chi connectivity index (χ1) is 8.59. The number of nitrogen functional groups attached to an aromatic ring is 1. The fraction of sp³-hybridized carbons (Fsp3) is 0.400. The van der Waals surface area contributed by atoms with Crippen molar-refractivity contribution in [1.82, 2.24) is 4.72 Å². The first-order valence-corrected chi connectivity index (χ1v) is 7.14. The number of hydrogen-bond donors (Lipinski definition) is 3. The van der Waals surface area contributed by atoms with E-state index in [4.69, 9.17) is 5.73 Å². The van der Waals surface area contributed by atoms with E-state index >= 15 is 0 Å². The lowest BCUT2D eigenvalue weighted by Crippen LogP contribution is -2.28. The molecule has 0 aliphatic heterocycles. The number of hydrogen-bond acceptors (Lipinski definition) is 4. The van der Waals surface area contributed by atoms with E-state index in [-0.39, 0.29) is 24.5 Å². The number of nitrogens with two attached hydrogens (primary N) is 1. The Morgan fingerprint density at radius 3 is 2.42 bits per heavy atom. The zero-order valence-electron chi connectivity index (χ0n) is 10.1. The van der Waals surface area contributed by atoms with E-state index in [9.17, 15) is 21.6 Å². The van der Waals surface area contributed by atoms with Gasteiger partial charge in [0, 0.05) is 24.5 Å². The first-order valence-electron chi connectivity index (χ1n) is 5.25. The first kappa shape index (κ1) is 15.6. The summed E-state index contributed by atoms with van der Waals surface area (Å²) in [5.41, 5.74) is 4.30. The SMILES string of the molecule is CS(=O)(=O)NCCNc1ccc(N)cc1C(F)(F)F. The van der Waals surface area contributed by atoms with Gasteiger partial charge in [0.1, 0.15) is 0 Å². The molecule has 19 heavy (non-hydrogen) atoms. The van der Waals surface area contributed by atoms with Crippen molar-refractivity contribution >= 4 is 21.4 Å². The molecule has 1 aromatic rings. The zero-order valence-corrected chi connectivity index (χ0v) is 10.9. The van der Waals surface area contributed by atoms with Crippen LogP contribution in [0, 0.1) is 0 Å². The Labute approximate surface area is 109 Å². The molecule has 0 saturated heterocycles. The molecule has 5 nitrogen and oxygen atoms in total. The number of rotatable bonds is 5. The summed E-state index contributed by atoms with van der Waals surface area (Å²) in [6, 6.07) is 3.37. The molecule has 1 aromatic carbocycles. The number of benzene rings is 1. The van der Waals surface area contributed by atoms with Gasteiger partial charge in [-0.1, -0.05) is 0 Å². The lowest BCUT2D eigenvalue weighted by molar-refractivity contribution is -0.136. The van der Waals surface area contributed by atoms with Crippen LogP contribution in [0.3, 0.4) is 0 Å². The molecule has 0 aromatic heterocycles. The highest BCUT2D eigenvalue weighted by atomic mass is 32.2. The second-order valence-corrected chi connectivity index (χ2v) is 5.73. The average Bonchev–Trinajstić information content (AvgIpc) is 2.23. The number of nitrogens with one attached hydrogen (secondary N) is 2. The topological polar surface area (TPSA) is 84.2 Å². The monoisotopic (exact) mass is 297 g/mol. The Bertz CT molecular complexity index is 543. The van der Waals surface area contributed by atoms with Crippen molar-refractivity contribution in [2.45, 2.75) is 6.18 Å². The molecule has 0 aliphatic rings. The minimum Gasteiger partial charge on any atom is -0.399 e. The van der Waals surface area contributed by atoms with Crippen LogP contribution in [0.4, 0.5) is 24.5 Å². The van der Waals surface area contributed by atoms with Crippen LogP contribution >= 0.6 is 0 Å². The second kappa shape index (κ2) is 5.66. The van der Waals surface area contributed by atoms with Crippen molar-refractivity contribution in [3.05, 3.63) is 23.8 Å². The summed E-state index contributed by atoms with van der Waals surface area (Å²) in [6.07, 6.45) is -3.56. The van der Waals surface area contributed by atoms with Gasteiger partial charge in [-0.3, -0.25) is 0 Å². The largest absolute Gasteiger partial charge is 0.418 e. The van der Waals surface area contributed by atoms with E-state index in [1.165, 1.54) is 12.1 Å². The third kappa shape index (κ3) is 5.35. The summed E-state index contributed by atoms with van der Waals surface area (Å²) in [5.74, 6) is 0. The molecule has 0 spiro atoms. The third-order valence-corrected chi connectivity index (χ3v) is 2.88. The Hall–Kier alpha value is -1.48. The Morgan fingerprint density at radius 1 is 1.26 bits per heavy atom. The summed E-state index contributed by atoms with van der Waals surface area (Å²) in [4.78, 5) is 0. The van der Waals surface area contributed by atoms with Gasteiger partial charge in [0.15, 0.2) is 0 Å². The second-order valence-electron chi connectivity index (χ2n) is 3.90. The summed E-state index contributed by atoms with van der Waals surface area (Å²) in [7, 11) is -3.36. The fourth-order valence-corrected chi connectivity index (χ4v) is 1.86. The molecule has 9 heteroatoms. The van der Waals surface area contributed by atoms with E-state index in [0.29, 0.717) is 0 Å². The zero-order chi connectivity index (χ0) is 14.7. The van der Waals surface area contributed by atoms with Crippen molar-refractivity contribution in [3.63, 3.8) is 0 Å². The van der Waals surface area contributed by atoms with Gasteiger partial charge in [0.05, 0.1) is 11.8 Å². The Morgan fingerprint density at radius 2 is 1.89 bits per heavy atom. The summed E-state index contributed by atoms with van der Waals surface area (Å²) in [5, 5.41) is 2.52. The number of alkyl halides is 3. The van der Waals surface area contributed by atoms with E-state index in [1.807, 2.05) is 0 Å². The normalized spacial score (nSPS) is 12.4. The van der Waals surface area contributed by atoms with Crippen LogP contribution in [-0.2, 0) is 16.2 Å². The van der Waals surface area contributed by atoms with Gasteiger partial charge in [-0.05, 0) is 18.2 Å². The van der Waals surface area contributed by atoms with E-state index < -0.39 is 21.8 Å². The van der Waals surface area contributed by atoms with Gasteiger partial charge in [-0.2, -0.15) is 13.2 Å². The van der Waals surface area contributed by atoms with Crippen molar-refractivity contribution in [1.29, 1.82) is 0 Å². The molecule has 0 bridgehead atoms. The molecule has 1 rings (SSSR count). The van der Waals surface area contributed by atoms with Crippen LogP contribution in [0.2, 0.25) is 0 Å². The van der Waals surface area contributed by atoms with Crippen LogP contribution in [0.5, 0.6) is 0 Å². The van der Waals surface area contributed by atoms with Gasteiger partial charge in [0.25, 0.3) is 0 Å². The smallest absolute Gasteiger partial charge is 0.399 e. The fourth-order valence-electron chi connectivity index (χ4n) is 1.38. The molecule has 0 amide bonds. The molecule has 0 radical (unpaired) electrons. The average molecular weight is 297 g/mol. The molecule has 0 saturated carbocycles. The van der Waals surface area contributed by atoms with Gasteiger partial charge < -0.3 is 11.1 Å². The number of anilines is 2. The van der Waals surface area contributed by atoms with E-state index in [0.717, 1.165) is 12.3 Å². The number of halogens is 3. The third-order valence-electron chi connectivity index (χ3n) is 2.15. The highest BCUT2D eigenvalue weighted by molar-refractivity contribution is 7.88. The molecule has 0 heterocycles. The van der Waals surface area contributed by atoms with Crippen molar-refractivity contribution in [3.8, 4) is 0 Å². The Kier molecular flexibility index (Phi) is 4.64. The van der Waals surface area contributed by atoms with Gasteiger partial charge in [0.2, 0.25) is 10.0 Å². The molecule has 108 valence electrons. The summed E-state index contributed by atoms with van der Waals surface area (Å²) in [6.45, 7) is 0.0145. The molecule has 0 fully saturated rings. The summed E-state index contributed by atoms with van der Waals surface area (Å²) < 4.78 is 61.9. The van der Waals surface area contributed by atoms with Gasteiger partial charge >= 0.3 is 6.18 Å². The van der Waals surface area contributed by atoms with Crippen molar-refractivity contribution in [2.24, 2.45) is 0 Å². The molecule has 4 N–H and O–H groups in total. The van der Waals surface area contributed by atoms with E-state index in [1.54, 1.807) is 0 Å². The predicted octanol–water partition coefficient (Wildman–Crippen LogP) is 1.25. The van der Waals surface area contributed by atoms with Crippen molar-refractivity contribution < 1.29 is 21.6 Å². The van der Waals surface area contributed by atoms with E-state index in [2.05, 4.69) is 10.0 Å².